The van der Waals surface area contributed by atoms with E-state index in [0.29, 0.717) is 36.5 Å². The number of hydrogen-bond acceptors (Lipinski definition) is 8. The lowest BCUT2D eigenvalue weighted by molar-refractivity contribution is -0.0223. The van der Waals surface area contributed by atoms with Gasteiger partial charge in [-0.05, 0) is 16.7 Å². The van der Waals surface area contributed by atoms with Crippen LogP contribution >= 0.6 is 0 Å². The molecule has 3 aromatic carbocycles. The molecule has 0 bridgehead atoms. The molecule has 9 nitrogen and oxygen atoms in total. The molecule has 1 saturated heterocycles. The molecule has 0 aliphatic carbocycles. The number of nitrogens with zero attached hydrogens (tertiary/aromatic N) is 3. The molecular formula is C33H33N3O6. The minimum Gasteiger partial charge on any atom is -0.471 e. The number of rotatable bonds is 12. The zero-order valence-corrected chi connectivity index (χ0v) is 23.1. The van der Waals surface area contributed by atoms with Gasteiger partial charge >= 0.3 is 6.01 Å². The topological polar surface area (TPSA) is 108 Å². The predicted octanol–water partition coefficient (Wildman–Crippen LogP) is 4.95. The van der Waals surface area contributed by atoms with Crippen LogP contribution in [0.25, 0.3) is 11.0 Å². The standard InChI is InChI=1S/C33H33N3O6/c37-18-29-27(38)16-28(42-29)26-17-36(22-39-19-23-10-4-1-5-11-23)31-30(26)34-33(41-21-25-14-8-3-9-15-25)35-32(31)40-20-24-12-6-2-7-13-24/h1-15,17,27-29,37-38H,16,18-22H2/t27-,28+,29+/m0/s1. The van der Waals surface area contributed by atoms with E-state index in [2.05, 4.69) is 4.98 Å². The van der Waals surface area contributed by atoms with Gasteiger partial charge in [-0.25, -0.2) is 0 Å². The van der Waals surface area contributed by atoms with Crippen molar-refractivity contribution in [2.45, 2.75) is 51.3 Å². The number of aliphatic hydroxyl groups excluding tert-OH is 2. The van der Waals surface area contributed by atoms with Gasteiger partial charge in [0.1, 0.15) is 37.1 Å². The van der Waals surface area contributed by atoms with Gasteiger partial charge in [0.25, 0.3) is 0 Å². The monoisotopic (exact) mass is 567 g/mol. The summed E-state index contributed by atoms with van der Waals surface area (Å²) in [7, 11) is 0. The first-order valence-electron chi connectivity index (χ1n) is 14.0. The van der Waals surface area contributed by atoms with Crippen molar-refractivity contribution in [2.75, 3.05) is 6.61 Å². The Morgan fingerprint density at radius 1 is 0.786 bits per heavy atom. The number of aliphatic hydroxyl groups is 2. The summed E-state index contributed by atoms with van der Waals surface area (Å²) >= 11 is 0. The summed E-state index contributed by atoms with van der Waals surface area (Å²) in [6.07, 6.45) is 0.260. The Morgan fingerprint density at radius 2 is 1.38 bits per heavy atom. The van der Waals surface area contributed by atoms with E-state index in [-0.39, 0.29) is 26.0 Å². The van der Waals surface area contributed by atoms with Crippen molar-refractivity contribution >= 4 is 11.0 Å². The third-order valence-electron chi connectivity index (χ3n) is 7.21. The highest BCUT2D eigenvalue weighted by molar-refractivity contribution is 5.85. The van der Waals surface area contributed by atoms with Gasteiger partial charge in [-0.15, -0.1) is 0 Å². The molecule has 6 rings (SSSR count). The molecule has 2 aromatic heterocycles. The van der Waals surface area contributed by atoms with E-state index in [1.807, 2.05) is 102 Å². The molecule has 3 heterocycles. The molecule has 9 heteroatoms. The van der Waals surface area contributed by atoms with Crippen LogP contribution in [0, 0.1) is 0 Å². The lowest BCUT2D eigenvalue weighted by Crippen LogP contribution is -2.24. The maximum absolute atomic E-state index is 10.5. The maximum atomic E-state index is 10.5. The average Bonchev–Trinajstić information content (AvgIpc) is 3.60. The Hall–Kier alpha value is -4.28. The van der Waals surface area contributed by atoms with E-state index in [1.165, 1.54) is 0 Å². The molecule has 216 valence electrons. The largest absolute Gasteiger partial charge is 0.471 e. The Kier molecular flexibility index (Phi) is 8.72. The fourth-order valence-electron chi connectivity index (χ4n) is 5.05. The summed E-state index contributed by atoms with van der Waals surface area (Å²) in [6.45, 7) is 0.926. The van der Waals surface area contributed by atoms with Gasteiger partial charge in [0, 0.05) is 18.2 Å². The van der Waals surface area contributed by atoms with Crippen molar-refractivity contribution in [3.8, 4) is 11.9 Å². The zero-order valence-electron chi connectivity index (χ0n) is 23.1. The van der Waals surface area contributed by atoms with Gasteiger partial charge in [0.2, 0.25) is 5.88 Å². The predicted molar refractivity (Wildman–Crippen MR) is 156 cm³/mol. The van der Waals surface area contributed by atoms with Crippen molar-refractivity contribution in [1.29, 1.82) is 0 Å². The second-order valence-electron chi connectivity index (χ2n) is 10.2. The highest BCUT2D eigenvalue weighted by Crippen LogP contribution is 2.40. The quantitative estimate of drug-likeness (QED) is 0.218. The zero-order chi connectivity index (χ0) is 28.7. The first-order chi connectivity index (χ1) is 20.7. The van der Waals surface area contributed by atoms with E-state index in [9.17, 15) is 10.2 Å². The molecule has 0 saturated carbocycles. The van der Waals surface area contributed by atoms with Gasteiger partial charge in [-0.1, -0.05) is 91.0 Å². The number of benzene rings is 3. The van der Waals surface area contributed by atoms with Gasteiger partial charge in [0.05, 0.1) is 25.4 Å². The molecule has 42 heavy (non-hydrogen) atoms. The van der Waals surface area contributed by atoms with E-state index < -0.39 is 18.3 Å². The summed E-state index contributed by atoms with van der Waals surface area (Å²) in [5.74, 6) is 0.346. The Labute approximate surface area is 243 Å². The first kappa shape index (κ1) is 27.9. The molecule has 2 N–H and O–H groups in total. The second kappa shape index (κ2) is 13.1. The van der Waals surface area contributed by atoms with Crippen LogP contribution in [0.2, 0.25) is 0 Å². The van der Waals surface area contributed by atoms with Crippen molar-refractivity contribution in [1.82, 2.24) is 14.5 Å². The van der Waals surface area contributed by atoms with Gasteiger partial charge in [-0.3, -0.25) is 0 Å². The summed E-state index contributed by atoms with van der Waals surface area (Å²) in [6, 6.07) is 29.7. The summed E-state index contributed by atoms with van der Waals surface area (Å²) in [5.41, 5.74) is 4.97. The lowest BCUT2D eigenvalue weighted by atomic mass is 10.1. The molecule has 0 amide bonds. The summed E-state index contributed by atoms with van der Waals surface area (Å²) in [4.78, 5) is 9.48. The fourth-order valence-corrected chi connectivity index (χ4v) is 5.05. The number of ether oxygens (including phenoxy) is 4. The fraction of sp³-hybridized carbons (Fsp3) is 0.273. The van der Waals surface area contributed by atoms with Crippen LogP contribution in [0.1, 0.15) is 34.8 Å². The highest BCUT2D eigenvalue weighted by Gasteiger charge is 2.37. The van der Waals surface area contributed by atoms with Crippen LogP contribution in [-0.2, 0) is 36.0 Å². The highest BCUT2D eigenvalue weighted by atomic mass is 16.5. The van der Waals surface area contributed by atoms with Gasteiger partial charge in [-0.2, -0.15) is 9.97 Å². The van der Waals surface area contributed by atoms with Crippen LogP contribution in [0.3, 0.4) is 0 Å². The minimum absolute atomic E-state index is 0.163. The molecule has 0 spiro atoms. The molecule has 5 aromatic rings. The molecule has 3 atom stereocenters. The number of aromatic nitrogens is 3. The minimum atomic E-state index is -0.794. The maximum Gasteiger partial charge on any atom is 0.320 e. The molecule has 1 fully saturated rings. The van der Waals surface area contributed by atoms with Crippen molar-refractivity contribution in [3.63, 3.8) is 0 Å². The number of fused-ring (bicyclic) bond motifs is 1. The summed E-state index contributed by atoms with van der Waals surface area (Å²) in [5, 5.41) is 20.2. The van der Waals surface area contributed by atoms with Crippen LogP contribution in [0.15, 0.2) is 97.2 Å². The van der Waals surface area contributed by atoms with E-state index in [4.69, 9.17) is 23.9 Å². The van der Waals surface area contributed by atoms with Gasteiger partial charge in [0.15, 0.2) is 0 Å². The van der Waals surface area contributed by atoms with Crippen LogP contribution in [-0.4, -0.2) is 43.6 Å². The second-order valence-corrected chi connectivity index (χ2v) is 10.2. The van der Waals surface area contributed by atoms with Crippen LogP contribution in [0.4, 0.5) is 0 Å². The van der Waals surface area contributed by atoms with E-state index >= 15 is 0 Å². The average molecular weight is 568 g/mol. The van der Waals surface area contributed by atoms with Crippen LogP contribution in [0.5, 0.6) is 11.9 Å². The molecule has 1 aliphatic rings. The van der Waals surface area contributed by atoms with E-state index in [0.717, 1.165) is 22.3 Å². The Bertz CT molecular complexity index is 1580. The van der Waals surface area contributed by atoms with Crippen LogP contribution < -0.4 is 9.47 Å². The van der Waals surface area contributed by atoms with Gasteiger partial charge < -0.3 is 33.7 Å². The first-order valence-corrected chi connectivity index (χ1v) is 14.0. The van der Waals surface area contributed by atoms with Crippen molar-refractivity contribution in [3.05, 3.63) is 119 Å². The van der Waals surface area contributed by atoms with Crippen molar-refractivity contribution in [2.24, 2.45) is 0 Å². The Balaban J connectivity index is 1.37. The van der Waals surface area contributed by atoms with E-state index in [1.54, 1.807) is 0 Å². The molecule has 0 radical (unpaired) electrons. The lowest BCUT2D eigenvalue weighted by Gasteiger charge is -2.13. The molecule has 1 aliphatic heterocycles. The third kappa shape index (κ3) is 6.45. The molecular weight excluding hydrogens is 534 g/mol. The third-order valence-corrected chi connectivity index (χ3v) is 7.21. The smallest absolute Gasteiger partial charge is 0.320 e. The normalized spacial score (nSPS) is 18.4. The number of hydrogen-bond donors (Lipinski definition) is 2. The van der Waals surface area contributed by atoms with Crippen molar-refractivity contribution < 1.29 is 29.2 Å². The SMILES string of the molecule is OC[C@H]1O[C@@H](c2cn(COCc3ccccc3)c3c(OCc4ccccc4)nc(OCc4ccccc4)nc23)C[C@@H]1O. The summed E-state index contributed by atoms with van der Waals surface area (Å²) < 4.78 is 26.4. The Morgan fingerprint density at radius 3 is 1.98 bits per heavy atom. The molecule has 0 unspecified atom stereocenters.